The van der Waals surface area contributed by atoms with Crippen LogP contribution in [0.2, 0.25) is 5.02 Å². The van der Waals surface area contributed by atoms with Crippen LogP contribution >= 0.6 is 11.6 Å². The maximum absolute atomic E-state index is 6.26. The van der Waals surface area contributed by atoms with Gasteiger partial charge in [0, 0.05) is 11.6 Å². The number of piperidine rings is 1. The van der Waals surface area contributed by atoms with E-state index in [1.807, 2.05) is 6.07 Å². The number of likely N-dealkylation sites (tertiary alicyclic amines) is 1. The van der Waals surface area contributed by atoms with E-state index in [1.165, 1.54) is 63.6 Å². The molecule has 2 aliphatic rings. The van der Waals surface area contributed by atoms with Crippen LogP contribution in [0.25, 0.3) is 0 Å². The molecule has 4 heteroatoms. The third kappa shape index (κ3) is 3.90. The Labute approximate surface area is 164 Å². The second-order valence-electron chi connectivity index (χ2n) is 8.39. The first-order chi connectivity index (χ1) is 12.5. The van der Waals surface area contributed by atoms with E-state index in [1.54, 1.807) is 7.11 Å². The normalized spacial score (nSPS) is 28.5. The van der Waals surface area contributed by atoms with E-state index in [0.29, 0.717) is 5.02 Å². The first kappa shape index (κ1) is 20.0. The van der Waals surface area contributed by atoms with Gasteiger partial charge < -0.3 is 9.64 Å². The van der Waals surface area contributed by atoms with Crippen molar-refractivity contribution < 1.29 is 4.74 Å². The van der Waals surface area contributed by atoms with Gasteiger partial charge in [-0.25, -0.2) is 0 Å². The summed E-state index contributed by atoms with van der Waals surface area (Å²) in [6.45, 7) is 4.94. The monoisotopic (exact) mass is 378 g/mol. The van der Waals surface area contributed by atoms with E-state index in [9.17, 15) is 0 Å². The summed E-state index contributed by atoms with van der Waals surface area (Å²) < 4.78 is 5.48. The van der Waals surface area contributed by atoms with Crippen LogP contribution in [0, 0.1) is 5.92 Å². The molecule has 1 saturated heterocycles. The summed E-state index contributed by atoms with van der Waals surface area (Å²) in [5.41, 5.74) is 1.43. The molecule has 0 unspecified atom stereocenters. The largest absolute Gasteiger partial charge is 0.495 e. The van der Waals surface area contributed by atoms with Crippen LogP contribution in [0.1, 0.15) is 57.4 Å². The minimum atomic E-state index is 0.0934. The van der Waals surface area contributed by atoms with Crippen LogP contribution in [-0.4, -0.2) is 50.1 Å². The van der Waals surface area contributed by atoms with Crippen molar-refractivity contribution >= 4 is 11.6 Å². The topological polar surface area (TPSA) is 15.7 Å². The lowest BCUT2D eigenvalue weighted by atomic mass is 9.73. The zero-order chi connectivity index (χ0) is 18.7. The fourth-order valence-corrected chi connectivity index (χ4v) is 5.31. The molecule has 3 rings (SSSR count). The number of hydrogen-bond acceptors (Lipinski definition) is 3. The zero-order valence-corrected chi connectivity index (χ0v) is 17.7. The standard InChI is InChI=1S/C22H35ClN2O/c1-5-17-10-14-25(15-11-17)19-8-12-22(13-9-19,24(2)3)18-6-7-20(23)21(16-18)26-4/h6-7,16-17,19H,5,8-15H2,1-4H3. The Morgan fingerprint density at radius 3 is 2.35 bits per heavy atom. The van der Waals surface area contributed by atoms with Gasteiger partial charge in [0.2, 0.25) is 0 Å². The number of benzene rings is 1. The molecule has 1 aromatic rings. The minimum Gasteiger partial charge on any atom is -0.495 e. The lowest BCUT2D eigenvalue weighted by Crippen LogP contribution is -2.50. The van der Waals surface area contributed by atoms with Crippen LogP contribution < -0.4 is 4.74 Å². The molecule has 1 aliphatic heterocycles. The molecule has 0 N–H and O–H groups in total. The molecule has 26 heavy (non-hydrogen) atoms. The Morgan fingerprint density at radius 1 is 1.15 bits per heavy atom. The van der Waals surface area contributed by atoms with Gasteiger partial charge in [0.25, 0.3) is 0 Å². The highest BCUT2D eigenvalue weighted by atomic mass is 35.5. The van der Waals surface area contributed by atoms with Crippen molar-refractivity contribution in [3.63, 3.8) is 0 Å². The van der Waals surface area contributed by atoms with Gasteiger partial charge in [0.1, 0.15) is 5.75 Å². The van der Waals surface area contributed by atoms with Crippen LogP contribution in [-0.2, 0) is 5.54 Å². The van der Waals surface area contributed by atoms with Crippen molar-refractivity contribution in [2.24, 2.45) is 5.92 Å². The molecule has 1 saturated carbocycles. The Morgan fingerprint density at radius 2 is 1.81 bits per heavy atom. The Bertz CT molecular complexity index is 588. The van der Waals surface area contributed by atoms with Crippen molar-refractivity contribution in [1.29, 1.82) is 0 Å². The number of methoxy groups -OCH3 is 1. The van der Waals surface area contributed by atoms with Crippen molar-refractivity contribution in [2.45, 2.75) is 63.5 Å². The minimum absolute atomic E-state index is 0.0934. The van der Waals surface area contributed by atoms with Crippen molar-refractivity contribution in [1.82, 2.24) is 9.80 Å². The van der Waals surface area contributed by atoms with E-state index < -0.39 is 0 Å². The number of nitrogens with zero attached hydrogens (tertiary/aromatic N) is 2. The van der Waals surface area contributed by atoms with Crippen LogP contribution in [0.3, 0.4) is 0 Å². The summed E-state index contributed by atoms with van der Waals surface area (Å²) in [7, 11) is 6.13. The average Bonchev–Trinajstić information content (AvgIpc) is 2.68. The molecule has 0 spiro atoms. The van der Waals surface area contributed by atoms with Crippen LogP contribution in [0.15, 0.2) is 18.2 Å². The second-order valence-corrected chi connectivity index (χ2v) is 8.80. The second kappa shape index (κ2) is 8.50. The fraction of sp³-hybridized carbons (Fsp3) is 0.727. The molecule has 0 bridgehead atoms. The molecular formula is C22H35ClN2O. The van der Waals surface area contributed by atoms with Gasteiger partial charge in [0.05, 0.1) is 12.1 Å². The van der Waals surface area contributed by atoms with E-state index in [-0.39, 0.29) is 5.54 Å². The van der Waals surface area contributed by atoms with Gasteiger partial charge in [-0.1, -0.05) is 31.0 Å². The van der Waals surface area contributed by atoms with Crippen molar-refractivity contribution in [3.05, 3.63) is 28.8 Å². The summed E-state index contributed by atoms with van der Waals surface area (Å²) in [4.78, 5) is 5.18. The summed E-state index contributed by atoms with van der Waals surface area (Å²) in [5, 5.41) is 0.692. The summed E-state index contributed by atoms with van der Waals surface area (Å²) >= 11 is 6.26. The third-order valence-corrected chi connectivity index (χ3v) is 7.38. The van der Waals surface area contributed by atoms with Crippen LogP contribution in [0.5, 0.6) is 5.75 Å². The quantitative estimate of drug-likeness (QED) is 0.702. The van der Waals surface area contributed by atoms with Crippen molar-refractivity contribution in [2.75, 3.05) is 34.3 Å². The highest BCUT2D eigenvalue weighted by molar-refractivity contribution is 6.32. The molecule has 2 fully saturated rings. The molecule has 0 aromatic heterocycles. The maximum Gasteiger partial charge on any atom is 0.137 e. The predicted molar refractivity (Wildman–Crippen MR) is 110 cm³/mol. The lowest BCUT2D eigenvalue weighted by Gasteiger charge is -2.48. The highest BCUT2D eigenvalue weighted by Gasteiger charge is 2.40. The molecule has 1 heterocycles. The molecule has 0 amide bonds. The maximum atomic E-state index is 6.26. The Kier molecular flexibility index (Phi) is 6.53. The summed E-state index contributed by atoms with van der Waals surface area (Å²) in [5.74, 6) is 1.74. The summed E-state index contributed by atoms with van der Waals surface area (Å²) in [6, 6.07) is 7.09. The SMILES string of the molecule is CCC1CCN(C2CCC(c3ccc(Cl)c(OC)c3)(N(C)C)CC2)CC1. The number of rotatable bonds is 5. The Hall–Kier alpha value is -0.770. The molecule has 1 aromatic carbocycles. The zero-order valence-electron chi connectivity index (χ0n) is 16.9. The summed E-state index contributed by atoms with van der Waals surface area (Å²) in [6.07, 6.45) is 9.08. The number of hydrogen-bond donors (Lipinski definition) is 0. The fourth-order valence-electron chi connectivity index (χ4n) is 5.11. The van der Waals surface area contributed by atoms with E-state index in [2.05, 4.69) is 43.0 Å². The van der Waals surface area contributed by atoms with Gasteiger partial charge in [-0.15, -0.1) is 0 Å². The van der Waals surface area contributed by atoms with Crippen molar-refractivity contribution in [3.8, 4) is 5.75 Å². The first-order valence-electron chi connectivity index (χ1n) is 10.3. The van der Waals surface area contributed by atoms with Gasteiger partial charge in [-0.2, -0.15) is 0 Å². The first-order valence-corrected chi connectivity index (χ1v) is 10.6. The van der Waals surface area contributed by atoms with Crippen LogP contribution in [0.4, 0.5) is 0 Å². The third-order valence-electron chi connectivity index (χ3n) is 7.07. The predicted octanol–water partition coefficient (Wildman–Crippen LogP) is 5.17. The smallest absolute Gasteiger partial charge is 0.137 e. The average molecular weight is 379 g/mol. The van der Waals surface area contributed by atoms with E-state index >= 15 is 0 Å². The molecule has 0 atom stereocenters. The molecule has 0 radical (unpaired) electrons. The molecule has 3 nitrogen and oxygen atoms in total. The van der Waals surface area contributed by atoms with Gasteiger partial charge in [0.15, 0.2) is 0 Å². The van der Waals surface area contributed by atoms with Gasteiger partial charge in [-0.05, 0) is 89.3 Å². The molecule has 1 aliphatic carbocycles. The number of halogens is 1. The Balaban J connectivity index is 1.71. The highest BCUT2D eigenvalue weighted by Crippen LogP contribution is 2.44. The number of ether oxygens (including phenoxy) is 1. The van der Waals surface area contributed by atoms with E-state index in [0.717, 1.165) is 17.7 Å². The molecule has 146 valence electrons. The lowest BCUT2D eigenvalue weighted by molar-refractivity contribution is 0.0353. The van der Waals surface area contributed by atoms with E-state index in [4.69, 9.17) is 16.3 Å². The van der Waals surface area contributed by atoms with Gasteiger partial charge in [-0.3, -0.25) is 4.90 Å². The van der Waals surface area contributed by atoms with Gasteiger partial charge >= 0.3 is 0 Å². The molecular weight excluding hydrogens is 344 g/mol.